The van der Waals surface area contributed by atoms with E-state index in [0.29, 0.717) is 0 Å². The van der Waals surface area contributed by atoms with E-state index in [2.05, 4.69) is 14.5 Å². The molecule has 4 heteroatoms. The lowest BCUT2D eigenvalue weighted by atomic mass is 10.0. The fraction of sp³-hybridized carbons (Fsp3) is 0.429. The van der Waals surface area contributed by atoms with Gasteiger partial charge in [-0.1, -0.05) is 0 Å². The summed E-state index contributed by atoms with van der Waals surface area (Å²) in [6.07, 6.45) is 11.4. The van der Waals surface area contributed by atoms with Crippen LogP contribution in [0, 0.1) is 0 Å². The Morgan fingerprint density at radius 2 is 1.89 bits per heavy atom. The topological polar surface area (TPSA) is 56.7 Å². The summed E-state index contributed by atoms with van der Waals surface area (Å²) in [6.45, 7) is 0. The van der Waals surface area contributed by atoms with Gasteiger partial charge in [0.15, 0.2) is 0 Å². The molecule has 2 aromatic heterocycles. The molecule has 0 spiro atoms. The minimum atomic E-state index is 0.231. The van der Waals surface area contributed by atoms with Gasteiger partial charge in [0.05, 0.1) is 0 Å². The summed E-state index contributed by atoms with van der Waals surface area (Å²) >= 11 is 0. The maximum atomic E-state index is 6.14. The van der Waals surface area contributed by atoms with Gasteiger partial charge in [0.1, 0.15) is 5.82 Å². The quantitative estimate of drug-likeness (QED) is 0.841. The molecule has 0 aromatic carbocycles. The molecule has 0 aliphatic heterocycles. The third-order valence-electron chi connectivity index (χ3n) is 3.21. The molecule has 0 saturated carbocycles. The Hall–Kier alpha value is -1.68. The summed E-state index contributed by atoms with van der Waals surface area (Å²) < 4.78 is 2.05. The van der Waals surface area contributed by atoms with E-state index in [4.69, 9.17) is 5.73 Å². The molecule has 4 nitrogen and oxygen atoms in total. The number of rotatable bonds is 6. The molecule has 0 aliphatic rings. The van der Waals surface area contributed by atoms with Crippen LogP contribution in [0.2, 0.25) is 0 Å². The number of aryl methyl sites for hydroxylation is 3. The van der Waals surface area contributed by atoms with Crippen LogP contribution < -0.4 is 5.73 Å². The van der Waals surface area contributed by atoms with Gasteiger partial charge in [-0.15, -0.1) is 0 Å². The third kappa shape index (κ3) is 3.67. The van der Waals surface area contributed by atoms with Crippen LogP contribution in [0.3, 0.4) is 0 Å². The Kier molecular flexibility index (Phi) is 4.47. The van der Waals surface area contributed by atoms with Crippen molar-refractivity contribution in [3.05, 3.63) is 48.3 Å². The third-order valence-corrected chi connectivity index (χ3v) is 3.21. The molecule has 1 unspecified atom stereocenters. The predicted octanol–water partition coefficient (Wildman–Crippen LogP) is 1.71. The normalized spacial score (nSPS) is 12.6. The lowest BCUT2D eigenvalue weighted by Crippen LogP contribution is -2.22. The molecular formula is C14H20N4. The molecule has 1 atom stereocenters. The molecule has 2 N–H and O–H groups in total. The number of hydrogen-bond donors (Lipinski definition) is 1. The summed E-state index contributed by atoms with van der Waals surface area (Å²) in [5, 5.41) is 0. The number of hydrogen-bond acceptors (Lipinski definition) is 3. The van der Waals surface area contributed by atoms with Crippen molar-refractivity contribution in [1.82, 2.24) is 14.5 Å². The van der Waals surface area contributed by atoms with Gasteiger partial charge in [0.2, 0.25) is 0 Å². The Bertz CT molecular complexity index is 464. The van der Waals surface area contributed by atoms with E-state index in [1.165, 1.54) is 5.56 Å². The Labute approximate surface area is 108 Å². The minimum absolute atomic E-state index is 0.231. The van der Waals surface area contributed by atoms with Gasteiger partial charge in [-0.2, -0.15) is 0 Å². The SMILES string of the molecule is Cn1ccnc1CCC(N)CCc1ccncc1. The molecule has 0 fully saturated rings. The van der Waals surface area contributed by atoms with Crippen molar-refractivity contribution < 1.29 is 0 Å². The van der Waals surface area contributed by atoms with Crippen LogP contribution in [0.1, 0.15) is 24.2 Å². The van der Waals surface area contributed by atoms with Gasteiger partial charge >= 0.3 is 0 Å². The lowest BCUT2D eigenvalue weighted by molar-refractivity contribution is 0.554. The van der Waals surface area contributed by atoms with Gasteiger partial charge in [0, 0.05) is 44.3 Å². The smallest absolute Gasteiger partial charge is 0.108 e. The van der Waals surface area contributed by atoms with Gasteiger partial charge in [-0.05, 0) is 37.0 Å². The molecule has 2 heterocycles. The standard InChI is InChI=1S/C14H20N4/c1-18-11-10-17-14(18)5-4-13(15)3-2-12-6-8-16-9-7-12/h6-11,13H,2-5,15H2,1H3. The lowest BCUT2D eigenvalue weighted by Gasteiger charge is -2.11. The zero-order chi connectivity index (χ0) is 12.8. The zero-order valence-corrected chi connectivity index (χ0v) is 10.8. The Balaban J connectivity index is 1.73. The molecule has 0 aliphatic carbocycles. The van der Waals surface area contributed by atoms with E-state index in [0.717, 1.165) is 31.5 Å². The maximum absolute atomic E-state index is 6.14. The number of pyridine rings is 1. The van der Waals surface area contributed by atoms with Crippen LogP contribution >= 0.6 is 0 Å². The highest BCUT2D eigenvalue weighted by molar-refractivity contribution is 5.09. The number of imidazole rings is 1. The van der Waals surface area contributed by atoms with Gasteiger partial charge in [0.25, 0.3) is 0 Å². The van der Waals surface area contributed by atoms with Gasteiger partial charge in [-0.25, -0.2) is 4.98 Å². The van der Waals surface area contributed by atoms with Crippen molar-refractivity contribution in [1.29, 1.82) is 0 Å². The van der Waals surface area contributed by atoms with Crippen LogP contribution in [-0.4, -0.2) is 20.6 Å². The van der Waals surface area contributed by atoms with Crippen LogP contribution in [0.5, 0.6) is 0 Å². The summed E-state index contributed by atoms with van der Waals surface area (Å²) in [7, 11) is 2.02. The van der Waals surface area contributed by atoms with Crippen molar-refractivity contribution in [2.45, 2.75) is 31.7 Å². The van der Waals surface area contributed by atoms with E-state index in [1.54, 1.807) is 0 Å². The first-order valence-corrected chi connectivity index (χ1v) is 6.36. The Morgan fingerprint density at radius 1 is 1.17 bits per heavy atom. The number of aromatic nitrogens is 3. The summed E-state index contributed by atoms with van der Waals surface area (Å²) in [5.41, 5.74) is 7.44. The summed E-state index contributed by atoms with van der Waals surface area (Å²) in [5.74, 6) is 1.11. The van der Waals surface area contributed by atoms with Gasteiger partial charge < -0.3 is 10.3 Å². The molecular weight excluding hydrogens is 224 g/mol. The second-order valence-electron chi connectivity index (χ2n) is 4.65. The Morgan fingerprint density at radius 3 is 2.56 bits per heavy atom. The number of nitrogens with two attached hydrogens (primary N) is 1. The van der Waals surface area contributed by atoms with Crippen molar-refractivity contribution in [2.24, 2.45) is 12.8 Å². The second kappa shape index (κ2) is 6.31. The molecule has 0 bridgehead atoms. The van der Waals surface area contributed by atoms with E-state index in [9.17, 15) is 0 Å². The first-order valence-electron chi connectivity index (χ1n) is 6.36. The fourth-order valence-corrected chi connectivity index (χ4v) is 2.00. The van der Waals surface area contributed by atoms with Crippen LogP contribution in [0.25, 0.3) is 0 Å². The van der Waals surface area contributed by atoms with Crippen LogP contribution in [0.15, 0.2) is 36.9 Å². The molecule has 96 valence electrons. The van der Waals surface area contributed by atoms with Crippen LogP contribution in [0.4, 0.5) is 0 Å². The van der Waals surface area contributed by atoms with Crippen LogP contribution in [-0.2, 0) is 19.9 Å². The predicted molar refractivity (Wildman–Crippen MR) is 72.1 cm³/mol. The van der Waals surface area contributed by atoms with Gasteiger partial charge in [-0.3, -0.25) is 4.98 Å². The fourth-order valence-electron chi connectivity index (χ4n) is 2.00. The van der Waals surface area contributed by atoms with Crippen molar-refractivity contribution >= 4 is 0 Å². The monoisotopic (exact) mass is 244 g/mol. The molecule has 0 amide bonds. The first-order chi connectivity index (χ1) is 8.75. The second-order valence-corrected chi connectivity index (χ2v) is 4.65. The highest BCUT2D eigenvalue weighted by Gasteiger charge is 2.06. The molecule has 0 saturated heterocycles. The first kappa shape index (κ1) is 12.8. The van der Waals surface area contributed by atoms with Crippen molar-refractivity contribution in [3.63, 3.8) is 0 Å². The minimum Gasteiger partial charge on any atom is -0.338 e. The molecule has 2 aromatic rings. The largest absolute Gasteiger partial charge is 0.338 e. The highest BCUT2D eigenvalue weighted by Crippen LogP contribution is 2.07. The van der Waals surface area contributed by atoms with Crippen molar-refractivity contribution in [3.8, 4) is 0 Å². The summed E-state index contributed by atoms with van der Waals surface area (Å²) in [6, 6.07) is 4.33. The zero-order valence-electron chi connectivity index (χ0n) is 10.8. The van der Waals surface area contributed by atoms with E-state index in [1.807, 2.05) is 44.0 Å². The average molecular weight is 244 g/mol. The van der Waals surface area contributed by atoms with Crippen molar-refractivity contribution in [2.75, 3.05) is 0 Å². The highest BCUT2D eigenvalue weighted by atomic mass is 15.0. The van der Waals surface area contributed by atoms with E-state index >= 15 is 0 Å². The molecule has 2 rings (SSSR count). The summed E-state index contributed by atoms with van der Waals surface area (Å²) in [4.78, 5) is 8.32. The average Bonchev–Trinajstić information content (AvgIpc) is 2.81. The van der Waals surface area contributed by atoms with E-state index < -0.39 is 0 Å². The molecule has 18 heavy (non-hydrogen) atoms. The van der Waals surface area contributed by atoms with E-state index in [-0.39, 0.29) is 6.04 Å². The maximum Gasteiger partial charge on any atom is 0.108 e. The number of nitrogens with zero attached hydrogens (tertiary/aromatic N) is 3. The molecule has 0 radical (unpaired) electrons.